The van der Waals surface area contributed by atoms with Crippen molar-refractivity contribution >= 4 is 23.4 Å². The lowest BCUT2D eigenvalue weighted by molar-refractivity contribution is -0.384. The number of nitro groups is 1. The summed E-state index contributed by atoms with van der Waals surface area (Å²) in [5.74, 6) is -0.0584. The molecule has 0 radical (unpaired) electrons. The van der Waals surface area contributed by atoms with Gasteiger partial charge in [-0.3, -0.25) is 14.9 Å². The average molecular weight is 327 g/mol. The van der Waals surface area contributed by atoms with Crippen molar-refractivity contribution in [3.8, 4) is 0 Å². The number of thioether (sulfide) groups is 1. The molecule has 0 spiro atoms. The third-order valence-corrected chi connectivity index (χ3v) is 3.93. The fourth-order valence-electron chi connectivity index (χ4n) is 1.62. The van der Waals surface area contributed by atoms with Crippen molar-refractivity contribution in [2.45, 2.75) is 17.1 Å². The first-order valence-corrected chi connectivity index (χ1v) is 7.81. The van der Waals surface area contributed by atoms with Gasteiger partial charge in [-0.15, -0.1) is 11.8 Å². The highest BCUT2D eigenvalue weighted by Crippen LogP contribution is 2.25. The largest absolute Gasteiger partial charge is 0.383 e. The molecule has 0 saturated carbocycles. The van der Waals surface area contributed by atoms with Crippen LogP contribution in [0.25, 0.3) is 0 Å². The Bertz CT molecular complexity index is 481. The zero-order valence-electron chi connectivity index (χ0n) is 12.7. The quantitative estimate of drug-likeness (QED) is 0.292. The van der Waals surface area contributed by atoms with Gasteiger partial charge in [0.2, 0.25) is 5.91 Å². The minimum atomic E-state index is -0.443. The summed E-state index contributed by atoms with van der Waals surface area (Å²) in [7, 11) is 1.64. The summed E-state index contributed by atoms with van der Waals surface area (Å²) in [6.45, 7) is 4.43. The Kier molecular flexibility index (Phi) is 8.49. The predicted octanol–water partition coefficient (Wildman–Crippen LogP) is 1.43. The van der Waals surface area contributed by atoms with E-state index >= 15 is 0 Å². The van der Waals surface area contributed by atoms with Gasteiger partial charge in [0.05, 0.1) is 16.8 Å². The van der Waals surface area contributed by atoms with Crippen molar-refractivity contribution in [3.05, 3.63) is 34.4 Å². The Labute approximate surface area is 134 Å². The number of rotatable bonds is 10. The maximum atomic E-state index is 11.9. The number of hydrogen-bond donors (Lipinski definition) is 2. The molecule has 1 atom stereocenters. The number of ether oxygens (including phenoxy) is 1. The van der Waals surface area contributed by atoms with Gasteiger partial charge in [0.1, 0.15) is 0 Å². The molecule has 1 aromatic carbocycles. The van der Waals surface area contributed by atoms with Crippen molar-refractivity contribution in [1.29, 1.82) is 0 Å². The van der Waals surface area contributed by atoms with Crippen LogP contribution in [0, 0.1) is 10.1 Å². The Morgan fingerprint density at radius 1 is 1.32 bits per heavy atom. The number of nitrogens with zero attached hydrogens (tertiary/aromatic N) is 1. The second kappa shape index (κ2) is 10.1. The molecule has 122 valence electrons. The van der Waals surface area contributed by atoms with E-state index in [4.69, 9.17) is 4.74 Å². The molecule has 0 bridgehead atoms. The van der Waals surface area contributed by atoms with Gasteiger partial charge in [-0.05, 0) is 19.1 Å². The number of non-ortho nitro benzene ring substituents is 1. The summed E-state index contributed by atoms with van der Waals surface area (Å²) < 4.78 is 4.90. The highest BCUT2D eigenvalue weighted by Gasteiger charge is 2.14. The van der Waals surface area contributed by atoms with E-state index in [0.717, 1.165) is 11.4 Å². The number of nitrogens with one attached hydrogen (secondary N) is 2. The normalized spacial score (nSPS) is 11.9. The van der Waals surface area contributed by atoms with Crippen LogP contribution < -0.4 is 10.6 Å². The van der Waals surface area contributed by atoms with Crippen LogP contribution in [-0.2, 0) is 9.53 Å². The van der Waals surface area contributed by atoms with Gasteiger partial charge in [-0.1, -0.05) is 0 Å². The fourth-order valence-corrected chi connectivity index (χ4v) is 2.51. The van der Waals surface area contributed by atoms with E-state index in [0.29, 0.717) is 19.7 Å². The van der Waals surface area contributed by atoms with E-state index in [2.05, 4.69) is 10.6 Å². The molecule has 1 rings (SSSR count). The summed E-state index contributed by atoms with van der Waals surface area (Å²) in [5, 5.41) is 16.3. The van der Waals surface area contributed by atoms with Gasteiger partial charge in [0.25, 0.3) is 5.69 Å². The van der Waals surface area contributed by atoms with E-state index in [-0.39, 0.29) is 16.8 Å². The highest BCUT2D eigenvalue weighted by molar-refractivity contribution is 8.00. The smallest absolute Gasteiger partial charge is 0.269 e. The maximum Gasteiger partial charge on any atom is 0.269 e. The van der Waals surface area contributed by atoms with Crippen LogP contribution in [0.3, 0.4) is 0 Å². The fraction of sp³-hybridized carbons (Fsp3) is 0.500. The van der Waals surface area contributed by atoms with Gasteiger partial charge in [0.15, 0.2) is 0 Å². The average Bonchev–Trinajstić information content (AvgIpc) is 2.51. The number of hydrogen-bond acceptors (Lipinski definition) is 6. The van der Waals surface area contributed by atoms with E-state index < -0.39 is 4.92 Å². The van der Waals surface area contributed by atoms with Gasteiger partial charge in [0, 0.05) is 43.8 Å². The van der Waals surface area contributed by atoms with Crippen molar-refractivity contribution in [3.63, 3.8) is 0 Å². The molecular formula is C14H21N3O4S. The van der Waals surface area contributed by atoms with Crippen LogP contribution in [-0.4, -0.2) is 49.4 Å². The van der Waals surface area contributed by atoms with Crippen LogP contribution in [0.5, 0.6) is 0 Å². The van der Waals surface area contributed by atoms with Gasteiger partial charge >= 0.3 is 0 Å². The van der Waals surface area contributed by atoms with Gasteiger partial charge in [-0.2, -0.15) is 0 Å². The molecule has 1 aromatic rings. The summed E-state index contributed by atoms with van der Waals surface area (Å²) in [4.78, 5) is 22.9. The Balaban J connectivity index is 2.30. The molecule has 0 aliphatic carbocycles. The zero-order chi connectivity index (χ0) is 16.4. The van der Waals surface area contributed by atoms with Gasteiger partial charge in [-0.25, -0.2) is 0 Å². The van der Waals surface area contributed by atoms with Crippen LogP contribution in [0.2, 0.25) is 0 Å². The Hall–Kier alpha value is -1.64. The van der Waals surface area contributed by atoms with Crippen molar-refractivity contribution in [2.24, 2.45) is 0 Å². The van der Waals surface area contributed by atoms with Gasteiger partial charge < -0.3 is 15.4 Å². The molecule has 1 unspecified atom stereocenters. The first-order valence-electron chi connectivity index (χ1n) is 6.93. The molecule has 0 heterocycles. The summed E-state index contributed by atoms with van der Waals surface area (Å²) in [6.07, 6.45) is 0. The maximum absolute atomic E-state index is 11.9. The van der Waals surface area contributed by atoms with Crippen LogP contribution in [0.1, 0.15) is 6.92 Å². The third-order valence-electron chi connectivity index (χ3n) is 2.81. The van der Waals surface area contributed by atoms with Crippen molar-refractivity contribution in [2.75, 3.05) is 33.4 Å². The monoisotopic (exact) mass is 327 g/mol. The minimum Gasteiger partial charge on any atom is -0.383 e. The number of carbonyl (C=O) groups excluding carboxylic acids is 1. The van der Waals surface area contributed by atoms with E-state index in [1.54, 1.807) is 26.2 Å². The topological polar surface area (TPSA) is 93.5 Å². The Morgan fingerprint density at radius 3 is 2.59 bits per heavy atom. The molecule has 0 fully saturated rings. The highest BCUT2D eigenvalue weighted by atomic mass is 32.2. The predicted molar refractivity (Wildman–Crippen MR) is 86.2 cm³/mol. The molecule has 1 amide bonds. The lowest BCUT2D eigenvalue weighted by Crippen LogP contribution is -2.36. The lowest BCUT2D eigenvalue weighted by atomic mass is 10.3. The first-order chi connectivity index (χ1) is 10.5. The number of benzene rings is 1. The minimum absolute atomic E-state index is 0.0450. The van der Waals surface area contributed by atoms with Crippen molar-refractivity contribution in [1.82, 2.24) is 10.6 Å². The third kappa shape index (κ3) is 6.88. The molecule has 8 heteroatoms. The molecule has 2 N–H and O–H groups in total. The summed E-state index contributed by atoms with van der Waals surface area (Å²) in [5.41, 5.74) is 0.0450. The second-order valence-electron chi connectivity index (χ2n) is 4.54. The Morgan fingerprint density at radius 2 is 2.00 bits per heavy atom. The summed E-state index contributed by atoms with van der Waals surface area (Å²) >= 11 is 1.37. The number of methoxy groups -OCH3 is 1. The van der Waals surface area contributed by atoms with E-state index in [9.17, 15) is 14.9 Å². The van der Waals surface area contributed by atoms with E-state index in [1.165, 1.54) is 23.9 Å². The molecule has 0 saturated heterocycles. The zero-order valence-corrected chi connectivity index (χ0v) is 13.5. The number of nitro benzene ring substituents is 1. The molecule has 22 heavy (non-hydrogen) atoms. The van der Waals surface area contributed by atoms with Crippen LogP contribution in [0.15, 0.2) is 29.2 Å². The molecular weight excluding hydrogens is 306 g/mol. The second-order valence-corrected chi connectivity index (χ2v) is 5.96. The standard InChI is InChI=1S/C14H21N3O4S/c1-11(14(18)16-8-7-15-9-10-21-2)22-13-5-3-12(4-6-13)17(19)20/h3-6,11,15H,7-10H2,1-2H3,(H,16,18). The number of carbonyl (C=O) groups is 1. The number of amides is 1. The molecule has 0 aromatic heterocycles. The summed E-state index contributed by atoms with van der Waals surface area (Å²) in [6, 6.07) is 6.18. The van der Waals surface area contributed by atoms with Crippen molar-refractivity contribution < 1.29 is 14.5 Å². The molecule has 0 aliphatic heterocycles. The lowest BCUT2D eigenvalue weighted by Gasteiger charge is -2.12. The van der Waals surface area contributed by atoms with Crippen LogP contribution >= 0.6 is 11.8 Å². The molecule has 7 nitrogen and oxygen atoms in total. The van der Waals surface area contributed by atoms with E-state index in [1.807, 2.05) is 0 Å². The van der Waals surface area contributed by atoms with Crippen LogP contribution in [0.4, 0.5) is 5.69 Å². The first kappa shape index (κ1) is 18.4. The molecule has 0 aliphatic rings. The SMILES string of the molecule is COCCNCCNC(=O)C(C)Sc1ccc([N+](=O)[O-])cc1.